The van der Waals surface area contributed by atoms with Crippen molar-refractivity contribution in [1.82, 2.24) is 5.32 Å². The van der Waals surface area contributed by atoms with Gasteiger partial charge in [-0.3, -0.25) is 4.72 Å². The number of ether oxygens (including phenoxy) is 1. The molecule has 1 aliphatic heterocycles. The summed E-state index contributed by atoms with van der Waals surface area (Å²) in [6.45, 7) is 1.70. The molecule has 0 aliphatic carbocycles. The molecule has 0 bridgehead atoms. The van der Waals surface area contributed by atoms with Crippen LogP contribution in [0.2, 0.25) is 5.02 Å². The Labute approximate surface area is 140 Å². The molecular weight excluding hydrogens is 336 g/mol. The van der Waals surface area contributed by atoms with Gasteiger partial charge >= 0.3 is 0 Å². The fourth-order valence-electron chi connectivity index (χ4n) is 2.61. The van der Waals surface area contributed by atoms with Gasteiger partial charge in [0.15, 0.2) is 0 Å². The maximum absolute atomic E-state index is 12.6. The molecule has 5 nitrogen and oxygen atoms in total. The van der Waals surface area contributed by atoms with Crippen molar-refractivity contribution in [3.05, 3.63) is 52.5 Å². The van der Waals surface area contributed by atoms with Gasteiger partial charge in [-0.15, -0.1) is 0 Å². The standard InChI is InChI=1S/C16H17ClN2O3S/c1-22-15-5-3-13(17)9-16(15)23(20,21)19-14-4-2-12-10-18-7-6-11(12)8-14/h2-5,8-9,18-19H,6-7,10H2,1H3. The number of halogens is 1. The molecule has 0 amide bonds. The van der Waals surface area contributed by atoms with Gasteiger partial charge in [-0.2, -0.15) is 0 Å². The summed E-state index contributed by atoms with van der Waals surface area (Å²) in [7, 11) is -2.36. The molecule has 0 atom stereocenters. The molecule has 3 rings (SSSR count). The van der Waals surface area contributed by atoms with Crippen LogP contribution in [0, 0.1) is 0 Å². The average Bonchev–Trinajstić information content (AvgIpc) is 2.54. The SMILES string of the molecule is COc1ccc(Cl)cc1S(=O)(=O)Nc1ccc2c(c1)CCNC2. The molecule has 0 spiro atoms. The van der Waals surface area contributed by atoms with E-state index < -0.39 is 10.0 Å². The Hall–Kier alpha value is -1.76. The zero-order valence-electron chi connectivity index (χ0n) is 12.6. The molecule has 2 N–H and O–H groups in total. The Morgan fingerprint density at radius 3 is 2.78 bits per heavy atom. The van der Waals surface area contributed by atoms with E-state index in [-0.39, 0.29) is 10.6 Å². The molecule has 0 fully saturated rings. The van der Waals surface area contributed by atoms with E-state index in [4.69, 9.17) is 16.3 Å². The number of rotatable bonds is 4. The first-order valence-electron chi connectivity index (χ1n) is 7.18. The second kappa shape index (κ2) is 6.39. The fourth-order valence-corrected chi connectivity index (χ4v) is 4.09. The van der Waals surface area contributed by atoms with Crippen LogP contribution in [0.15, 0.2) is 41.3 Å². The van der Waals surface area contributed by atoms with Crippen molar-refractivity contribution in [1.29, 1.82) is 0 Å². The van der Waals surface area contributed by atoms with E-state index >= 15 is 0 Å². The van der Waals surface area contributed by atoms with Gasteiger partial charge in [0.25, 0.3) is 10.0 Å². The van der Waals surface area contributed by atoms with E-state index in [0.29, 0.717) is 10.7 Å². The lowest BCUT2D eigenvalue weighted by Gasteiger charge is -2.18. The molecule has 23 heavy (non-hydrogen) atoms. The largest absolute Gasteiger partial charge is 0.495 e. The van der Waals surface area contributed by atoms with E-state index in [1.165, 1.54) is 24.8 Å². The van der Waals surface area contributed by atoms with E-state index in [1.807, 2.05) is 12.1 Å². The molecule has 1 aliphatic rings. The number of fused-ring (bicyclic) bond motifs is 1. The topological polar surface area (TPSA) is 67.4 Å². The minimum Gasteiger partial charge on any atom is -0.495 e. The van der Waals surface area contributed by atoms with Crippen LogP contribution in [0.1, 0.15) is 11.1 Å². The van der Waals surface area contributed by atoms with Crippen LogP contribution < -0.4 is 14.8 Å². The van der Waals surface area contributed by atoms with E-state index in [2.05, 4.69) is 10.0 Å². The van der Waals surface area contributed by atoms with Crippen LogP contribution >= 0.6 is 11.6 Å². The summed E-state index contributed by atoms with van der Waals surface area (Å²) >= 11 is 5.92. The number of hydrogen-bond acceptors (Lipinski definition) is 4. The quantitative estimate of drug-likeness (QED) is 0.888. The molecule has 0 saturated heterocycles. The van der Waals surface area contributed by atoms with Gasteiger partial charge in [0.2, 0.25) is 0 Å². The number of nitrogens with one attached hydrogen (secondary N) is 2. The highest BCUT2D eigenvalue weighted by Gasteiger charge is 2.21. The van der Waals surface area contributed by atoms with Crippen molar-refractivity contribution >= 4 is 27.3 Å². The second-order valence-electron chi connectivity index (χ2n) is 5.31. The van der Waals surface area contributed by atoms with Gasteiger partial charge in [0, 0.05) is 17.3 Å². The highest BCUT2D eigenvalue weighted by molar-refractivity contribution is 7.92. The highest BCUT2D eigenvalue weighted by Crippen LogP contribution is 2.29. The van der Waals surface area contributed by atoms with E-state index in [1.54, 1.807) is 12.1 Å². The molecule has 122 valence electrons. The Morgan fingerprint density at radius 2 is 2.00 bits per heavy atom. The smallest absolute Gasteiger partial charge is 0.265 e. The van der Waals surface area contributed by atoms with Crippen molar-refractivity contribution in [2.75, 3.05) is 18.4 Å². The molecule has 2 aromatic carbocycles. The normalized spacial score (nSPS) is 14.2. The predicted octanol–water partition coefficient (Wildman–Crippen LogP) is 2.80. The summed E-state index contributed by atoms with van der Waals surface area (Å²) in [5, 5.41) is 3.62. The summed E-state index contributed by atoms with van der Waals surface area (Å²) in [4.78, 5) is 0.0203. The van der Waals surface area contributed by atoms with Crippen LogP contribution in [0.25, 0.3) is 0 Å². The number of methoxy groups -OCH3 is 1. The monoisotopic (exact) mass is 352 g/mol. The summed E-state index contributed by atoms with van der Waals surface area (Å²) in [5.41, 5.74) is 2.88. The Kier molecular flexibility index (Phi) is 4.48. The number of anilines is 1. The molecule has 0 saturated carbocycles. The van der Waals surface area contributed by atoms with Crippen molar-refractivity contribution < 1.29 is 13.2 Å². The molecule has 7 heteroatoms. The van der Waals surface area contributed by atoms with Crippen molar-refractivity contribution in [3.63, 3.8) is 0 Å². The fraction of sp³-hybridized carbons (Fsp3) is 0.250. The lowest BCUT2D eigenvalue weighted by Crippen LogP contribution is -2.23. The Bertz CT molecular complexity index is 837. The van der Waals surface area contributed by atoms with Crippen LogP contribution in [0.3, 0.4) is 0 Å². The second-order valence-corrected chi connectivity index (χ2v) is 7.40. The minimum absolute atomic E-state index is 0.0203. The third-order valence-corrected chi connectivity index (χ3v) is 5.40. The van der Waals surface area contributed by atoms with Gasteiger partial charge in [0.05, 0.1) is 7.11 Å². The van der Waals surface area contributed by atoms with Crippen LogP contribution in [0.5, 0.6) is 5.75 Å². The van der Waals surface area contributed by atoms with Gasteiger partial charge < -0.3 is 10.1 Å². The van der Waals surface area contributed by atoms with Crippen molar-refractivity contribution in [2.24, 2.45) is 0 Å². The van der Waals surface area contributed by atoms with Crippen LogP contribution in [0.4, 0.5) is 5.69 Å². The molecule has 0 radical (unpaired) electrons. The van der Waals surface area contributed by atoms with Crippen molar-refractivity contribution in [2.45, 2.75) is 17.9 Å². The first-order valence-corrected chi connectivity index (χ1v) is 9.04. The molecule has 0 unspecified atom stereocenters. The lowest BCUT2D eigenvalue weighted by molar-refractivity contribution is 0.403. The lowest BCUT2D eigenvalue weighted by atomic mass is 10.0. The molecule has 2 aromatic rings. The number of benzene rings is 2. The van der Waals surface area contributed by atoms with Gasteiger partial charge in [0.1, 0.15) is 10.6 Å². The summed E-state index contributed by atoms with van der Waals surface area (Å²) < 4.78 is 33.0. The van der Waals surface area contributed by atoms with E-state index in [0.717, 1.165) is 25.1 Å². The average molecular weight is 353 g/mol. The minimum atomic E-state index is -3.78. The first kappa shape index (κ1) is 16.1. The van der Waals surface area contributed by atoms with Gasteiger partial charge in [-0.25, -0.2) is 8.42 Å². The molecular formula is C16H17ClN2O3S. The zero-order valence-corrected chi connectivity index (χ0v) is 14.2. The van der Waals surface area contributed by atoms with Gasteiger partial charge in [-0.05, 0) is 54.4 Å². The third kappa shape index (κ3) is 3.44. The highest BCUT2D eigenvalue weighted by atomic mass is 35.5. The summed E-state index contributed by atoms with van der Waals surface area (Å²) in [6, 6.07) is 10.1. The third-order valence-electron chi connectivity index (χ3n) is 3.76. The van der Waals surface area contributed by atoms with Crippen LogP contribution in [-0.4, -0.2) is 22.1 Å². The Morgan fingerprint density at radius 1 is 1.17 bits per heavy atom. The van der Waals surface area contributed by atoms with Gasteiger partial charge in [-0.1, -0.05) is 17.7 Å². The summed E-state index contributed by atoms with van der Waals surface area (Å²) in [6.07, 6.45) is 0.880. The van der Waals surface area contributed by atoms with Crippen molar-refractivity contribution in [3.8, 4) is 5.75 Å². The maximum Gasteiger partial charge on any atom is 0.265 e. The van der Waals surface area contributed by atoms with E-state index in [9.17, 15) is 8.42 Å². The van der Waals surface area contributed by atoms with Crippen LogP contribution in [-0.2, 0) is 23.0 Å². The maximum atomic E-state index is 12.6. The first-order chi connectivity index (χ1) is 11.0. The molecule has 1 heterocycles. The summed E-state index contributed by atoms with van der Waals surface area (Å²) in [5.74, 6) is 0.254. The zero-order chi connectivity index (χ0) is 16.4. The number of sulfonamides is 1. The predicted molar refractivity (Wildman–Crippen MR) is 90.7 cm³/mol. The number of hydrogen-bond donors (Lipinski definition) is 2. The Balaban J connectivity index is 1.94. The molecule has 0 aromatic heterocycles.